The van der Waals surface area contributed by atoms with E-state index in [2.05, 4.69) is 4.99 Å². The number of benzene rings is 1. The molecule has 2 aromatic rings. The van der Waals surface area contributed by atoms with Crippen LogP contribution in [-0.2, 0) is 0 Å². The molecule has 106 valence electrons. The summed E-state index contributed by atoms with van der Waals surface area (Å²) in [5.74, 6) is 0.0384. The Balaban J connectivity index is 1.89. The van der Waals surface area contributed by atoms with Gasteiger partial charge in [0.25, 0.3) is 0 Å². The molecule has 0 radical (unpaired) electrons. The summed E-state index contributed by atoms with van der Waals surface area (Å²) < 4.78 is 0.807. The highest BCUT2D eigenvalue weighted by molar-refractivity contribution is 6.28. The lowest BCUT2D eigenvalue weighted by molar-refractivity contribution is 0.0599. The topological polar surface area (TPSA) is 78.1 Å². The van der Waals surface area contributed by atoms with Gasteiger partial charge in [0.15, 0.2) is 17.3 Å². The van der Waals surface area contributed by atoms with Gasteiger partial charge in [0, 0.05) is 24.8 Å². The summed E-state index contributed by atoms with van der Waals surface area (Å²) in [5.41, 5.74) is -0.498. The molecule has 21 heavy (non-hydrogen) atoms. The molecule has 0 aliphatic carbocycles. The molecule has 0 spiro atoms. The number of fused-ring (bicyclic) bond motifs is 2. The first-order chi connectivity index (χ1) is 10.1. The van der Waals surface area contributed by atoms with Crippen LogP contribution in [0.4, 0.5) is 11.5 Å². The molecular weight excluding hydrogens is 270 g/mol. The first kappa shape index (κ1) is 12.2. The van der Waals surface area contributed by atoms with Crippen LogP contribution < -0.4 is 4.90 Å². The van der Waals surface area contributed by atoms with Crippen molar-refractivity contribution >= 4 is 23.1 Å². The second kappa shape index (κ2) is 3.95. The molecule has 0 amide bonds. The molecule has 0 bridgehead atoms. The van der Waals surface area contributed by atoms with Crippen LogP contribution in [0, 0.1) is 0 Å². The fraction of sp³-hybridized carbons (Fsp3) is 0.200. The molecule has 1 unspecified atom stereocenters. The fourth-order valence-electron chi connectivity index (χ4n) is 2.97. The number of hydrogen-bond donors (Lipinski definition) is 2. The lowest BCUT2D eigenvalue weighted by atomic mass is 9.90. The number of para-hydroxylation sites is 1. The van der Waals surface area contributed by atoms with Crippen molar-refractivity contribution < 1.29 is 15.1 Å². The van der Waals surface area contributed by atoms with E-state index in [-0.39, 0.29) is 23.6 Å². The molecule has 3 heterocycles. The van der Waals surface area contributed by atoms with Gasteiger partial charge in [0.05, 0.1) is 5.56 Å². The molecule has 1 saturated heterocycles. The second-order valence-corrected chi connectivity index (χ2v) is 5.26. The standard InChI is InChI=1S/C15H13N3O3/c19-12-11-6-8-18(21)13(11)16-14-15(12,20)7-9-17(14)10-4-2-1-3-5-10/h1-6,8,20-21H,7,9H2. The number of nitrogens with zero attached hydrogens (tertiary/aromatic N) is 3. The summed E-state index contributed by atoms with van der Waals surface area (Å²) in [5, 5.41) is 20.5. The molecule has 0 saturated carbocycles. The average molecular weight is 283 g/mol. The van der Waals surface area contributed by atoms with E-state index in [9.17, 15) is 15.1 Å². The van der Waals surface area contributed by atoms with Crippen molar-refractivity contribution in [1.82, 2.24) is 4.73 Å². The van der Waals surface area contributed by atoms with Gasteiger partial charge in [0.2, 0.25) is 5.78 Å². The largest absolute Gasteiger partial charge is 0.427 e. The molecular formula is C15H13N3O3. The number of ketones is 1. The van der Waals surface area contributed by atoms with Crippen LogP contribution >= 0.6 is 0 Å². The molecule has 2 N–H and O–H groups in total. The van der Waals surface area contributed by atoms with Crippen molar-refractivity contribution in [2.75, 3.05) is 11.4 Å². The normalized spacial score (nSPS) is 23.8. The van der Waals surface area contributed by atoms with Gasteiger partial charge in [-0.1, -0.05) is 18.2 Å². The summed E-state index contributed by atoms with van der Waals surface area (Å²) in [6, 6.07) is 10.9. The molecule has 1 atom stereocenters. The first-order valence-electron chi connectivity index (χ1n) is 6.71. The Kier molecular flexibility index (Phi) is 2.29. The number of aromatic nitrogens is 1. The molecule has 1 fully saturated rings. The zero-order valence-corrected chi connectivity index (χ0v) is 11.1. The number of Topliss-reactive ketones (excluding diaryl/α,β-unsaturated/α-hetero) is 1. The molecule has 1 aromatic carbocycles. The van der Waals surface area contributed by atoms with E-state index >= 15 is 0 Å². The quantitative estimate of drug-likeness (QED) is 0.779. The van der Waals surface area contributed by atoms with Gasteiger partial charge in [-0.25, -0.2) is 4.99 Å². The number of carbonyl (C=O) groups excluding carboxylic acids is 1. The van der Waals surface area contributed by atoms with E-state index in [4.69, 9.17) is 0 Å². The Morgan fingerprint density at radius 1 is 1.19 bits per heavy atom. The Morgan fingerprint density at radius 3 is 2.71 bits per heavy atom. The molecule has 4 rings (SSSR count). The Morgan fingerprint density at radius 2 is 1.95 bits per heavy atom. The maximum absolute atomic E-state index is 12.5. The Bertz CT molecular complexity index is 766. The van der Waals surface area contributed by atoms with Crippen LogP contribution in [0.5, 0.6) is 0 Å². The van der Waals surface area contributed by atoms with E-state index in [1.165, 1.54) is 12.3 Å². The van der Waals surface area contributed by atoms with Crippen LogP contribution in [-0.4, -0.2) is 38.8 Å². The number of carbonyl (C=O) groups is 1. The summed E-state index contributed by atoms with van der Waals surface area (Å²) in [4.78, 5) is 18.7. The Labute approximate surface area is 120 Å². The summed E-state index contributed by atoms with van der Waals surface area (Å²) in [6.07, 6.45) is 1.64. The number of anilines is 1. The zero-order valence-electron chi connectivity index (χ0n) is 11.1. The van der Waals surface area contributed by atoms with E-state index in [1.54, 1.807) is 0 Å². The molecule has 6 heteroatoms. The summed E-state index contributed by atoms with van der Waals surface area (Å²) in [7, 11) is 0. The number of aliphatic hydroxyl groups is 1. The van der Waals surface area contributed by atoms with Crippen LogP contribution in [0.15, 0.2) is 47.6 Å². The first-order valence-corrected chi connectivity index (χ1v) is 6.71. The molecule has 6 nitrogen and oxygen atoms in total. The maximum Gasteiger partial charge on any atom is 0.206 e. The minimum absolute atomic E-state index is 0.169. The summed E-state index contributed by atoms with van der Waals surface area (Å²) in [6.45, 7) is 0.501. The van der Waals surface area contributed by atoms with Gasteiger partial charge < -0.3 is 15.2 Å². The van der Waals surface area contributed by atoms with E-state index in [0.717, 1.165) is 10.4 Å². The Hall–Kier alpha value is -2.60. The van der Waals surface area contributed by atoms with Gasteiger partial charge >= 0.3 is 0 Å². The number of rotatable bonds is 1. The third-order valence-corrected chi connectivity index (χ3v) is 4.06. The monoisotopic (exact) mass is 283 g/mol. The van der Waals surface area contributed by atoms with Crippen LogP contribution in [0.25, 0.3) is 0 Å². The van der Waals surface area contributed by atoms with Gasteiger partial charge in [-0.3, -0.25) is 4.79 Å². The van der Waals surface area contributed by atoms with Crippen molar-refractivity contribution in [2.24, 2.45) is 4.99 Å². The highest BCUT2D eigenvalue weighted by Gasteiger charge is 2.53. The summed E-state index contributed by atoms with van der Waals surface area (Å²) >= 11 is 0. The number of amidine groups is 1. The van der Waals surface area contributed by atoms with Crippen molar-refractivity contribution in [3.05, 3.63) is 48.2 Å². The van der Waals surface area contributed by atoms with Crippen molar-refractivity contribution in [3.8, 4) is 0 Å². The minimum atomic E-state index is -1.61. The van der Waals surface area contributed by atoms with Gasteiger partial charge in [-0.2, -0.15) is 4.73 Å². The second-order valence-electron chi connectivity index (χ2n) is 5.26. The third kappa shape index (κ3) is 1.50. The van der Waals surface area contributed by atoms with Crippen molar-refractivity contribution in [2.45, 2.75) is 12.0 Å². The maximum atomic E-state index is 12.5. The fourth-order valence-corrected chi connectivity index (χ4v) is 2.97. The highest BCUT2D eigenvalue weighted by Crippen LogP contribution is 2.39. The SMILES string of the molecule is O=C1c2ccn(O)c2N=C2N(c3ccccc3)CCC12O. The predicted molar refractivity (Wildman–Crippen MR) is 76.4 cm³/mol. The minimum Gasteiger partial charge on any atom is -0.427 e. The molecule has 1 aromatic heterocycles. The van der Waals surface area contributed by atoms with Crippen molar-refractivity contribution in [3.63, 3.8) is 0 Å². The van der Waals surface area contributed by atoms with E-state index in [0.29, 0.717) is 6.54 Å². The highest BCUT2D eigenvalue weighted by atomic mass is 16.5. The van der Waals surface area contributed by atoms with Crippen LogP contribution in [0.1, 0.15) is 16.8 Å². The number of hydrogen-bond acceptors (Lipinski definition) is 5. The van der Waals surface area contributed by atoms with E-state index < -0.39 is 11.4 Å². The van der Waals surface area contributed by atoms with Gasteiger partial charge in [0.1, 0.15) is 0 Å². The van der Waals surface area contributed by atoms with Crippen LogP contribution in [0.3, 0.4) is 0 Å². The molecule has 2 aliphatic heterocycles. The number of aliphatic imine (C=N–C) groups is 1. The lowest BCUT2D eigenvalue weighted by Crippen LogP contribution is -2.48. The smallest absolute Gasteiger partial charge is 0.206 e. The third-order valence-electron chi connectivity index (χ3n) is 4.06. The molecule has 2 aliphatic rings. The van der Waals surface area contributed by atoms with Crippen LogP contribution in [0.2, 0.25) is 0 Å². The predicted octanol–water partition coefficient (Wildman–Crippen LogP) is 1.59. The lowest BCUT2D eigenvalue weighted by Gasteiger charge is -2.28. The average Bonchev–Trinajstić information content (AvgIpc) is 3.03. The van der Waals surface area contributed by atoms with Gasteiger partial charge in [-0.15, -0.1) is 0 Å². The van der Waals surface area contributed by atoms with Crippen molar-refractivity contribution in [1.29, 1.82) is 0 Å². The van der Waals surface area contributed by atoms with E-state index in [1.807, 2.05) is 35.2 Å². The zero-order chi connectivity index (χ0) is 14.6. The van der Waals surface area contributed by atoms with Gasteiger partial charge in [-0.05, 0) is 18.2 Å².